The van der Waals surface area contributed by atoms with E-state index in [-0.39, 0.29) is 22.3 Å². The Morgan fingerprint density at radius 1 is 0.500 bits per heavy atom. The van der Waals surface area contributed by atoms with Crippen molar-refractivity contribution in [1.82, 2.24) is 0 Å². The van der Waals surface area contributed by atoms with Crippen molar-refractivity contribution in [3.05, 3.63) is 75.8 Å². The molecule has 130 valence electrons. The molecule has 0 aromatic heterocycles. The molecule has 0 fully saturated rings. The number of hydrogen-bond acceptors (Lipinski definition) is 9. The highest BCUT2D eigenvalue weighted by atomic mass is 16.6. The zero-order chi connectivity index (χ0) is 19.3. The van der Waals surface area contributed by atoms with Crippen molar-refractivity contribution in [3.63, 3.8) is 0 Å². The van der Waals surface area contributed by atoms with Gasteiger partial charge in [0.1, 0.15) is 0 Å². The fourth-order valence-corrected chi connectivity index (χ4v) is 2.71. The molecule has 0 spiro atoms. The molecule has 0 saturated carbocycles. The molecule has 0 bridgehead atoms. The third-order valence-electron chi connectivity index (χ3n) is 3.80. The first kappa shape index (κ1) is 16.6. The standard InChI is InChI=1S/C13H4N4O9/c18-13-7-3-11(16(23)24)9(14(19)20)1-5(7)6-2-10(15(21)22)12(17(25)26)4-8(6)13/h1-4H. The average molecular weight is 360 g/mol. The van der Waals surface area contributed by atoms with Gasteiger partial charge < -0.3 is 0 Å². The minimum atomic E-state index is -1.04. The van der Waals surface area contributed by atoms with Crippen molar-refractivity contribution < 1.29 is 24.5 Å². The largest absolute Gasteiger partial charge is 0.346 e. The molecule has 0 aliphatic heterocycles. The van der Waals surface area contributed by atoms with Gasteiger partial charge in [-0.2, -0.15) is 0 Å². The summed E-state index contributed by atoms with van der Waals surface area (Å²) in [6.07, 6.45) is 0. The molecule has 0 radical (unpaired) electrons. The van der Waals surface area contributed by atoms with Crippen molar-refractivity contribution in [2.75, 3.05) is 0 Å². The van der Waals surface area contributed by atoms with Gasteiger partial charge in [-0.25, -0.2) is 0 Å². The van der Waals surface area contributed by atoms with E-state index in [0.29, 0.717) is 12.1 Å². The van der Waals surface area contributed by atoms with Crippen LogP contribution in [0.5, 0.6) is 0 Å². The van der Waals surface area contributed by atoms with Crippen LogP contribution in [0.15, 0.2) is 24.3 Å². The second-order valence-electron chi connectivity index (χ2n) is 5.13. The summed E-state index contributed by atoms with van der Waals surface area (Å²) < 4.78 is 0. The van der Waals surface area contributed by atoms with Crippen LogP contribution in [0.4, 0.5) is 22.7 Å². The Bertz CT molecular complexity index is 992. The van der Waals surface area contributed by atoms with Gasteiger partial charge in [-0.1, -0.05) is 0 Å². The van der Waals surface area contributed by atoms with Crippen molar-refractivity contribution >= 4 is 28.5 Å². The lowest BCUT2D eigenvalue weighted by molar-refractivity contribution is -0.422. The van der Waals surface area contributed by atoms with E-state index in [9.17, 15) is 45.3 Å². The summed E-state index contributed by atoms with van der Waals surface area (Å²) >= 11 is 0. The Kier molecular flexibility index (Phi) is 3.42. The lowest BCUT2D eigenvalue weighted by atomic mass is 10.0. The second kappa shape index (κ2) is 5.37. The molecular formula is C13H4N4O9. The van der Waals surface area contributed by atoms with Crippen LogP contribution in [-0.4, -0.2) is 25.5 Å². The van der Waals surface area contributed by atoms with E-state index in [2.05, 4.69) is 0 Å². The molecule has 0 saturated heterocycles. The second-order valence-corrected chi connectivity index (χ2v) is 5.13. The minimum Gasteiger partial charge on any atom is -0.289 e. The van der Waals surface area contributed by atoms with Crippen molar-refractivity contribution in [2.24, 2.45) is 0 Å². The normalized spacial score (nSPS) is 11.6. The van der Waals surface area contributed by atoms with Gasteiger partial charge in [0.05, 0.1) is 19.7 Å². The molecule has 2 aromatic carbocycles. The molecule has 0 atom stereocenters. The molecule has 0 unspecified atom stereocenters. The quantitative estimate of drug-likeness (QED) is 0.496. The fraction of sp³-hybridized carbons (Fsp3) is 0. The smallest absolute Gasteiger partial charge is 0.289 e. The number of fused-ring (bicyclic) bond motifs is 3. The minimum absolute atomic E-state index is 0.139. The van der Waals surface area contributed by atoms with Crippen LogP contribution >= 0.6 is 0 Å². The lowest BCUT2D eigenvalue weighted by Gasteiger charge is -2.02. The lowest BCUT2D eigenvalue weighted by Crippen LogP contribution is -2.01. The number of nitrogens with zero attached hydrogens (tertiary/aromatic N) is 4. The van der Waals surface area contributed by atoms with Gasteiger partial charge in [0.15, 0.2) is 5.78 Å². The summed E-state index contributed by atoms with van der Waals surface area (Å²) in [7, 11) is 0. The number of nitro groups is 4. The first-order valence-corrected chi connectivity index (χ1v) is 6.62. The topological polar surface area (TPSA) is 190 Å². The van der Waals surface area contributed by atoms with E-state index in [1.807, 2.05) is 0 Å². The summed E-state index contributed by atoms with van der Waals surface area (Å²) in [6.45, 7) is 0. The molecule has 26 heavy (non-hydrogen) atoms. The van der Waals surface area contributed by atoms with Gasteiger partial charge in [0, 0.05) is 46.5 Å². The maximum Gasteiger partial charge on any atom is 0.346 e. The predicted octanol–water partition coefficient (Wildman–Crippen LogP) is 2.53. The van der Waals surface area contributed by atoms with Crippen LogP contribution in [0, 0.1) is 40.5 Å². The molecule has 3 rings (SSSR count). The highest BCUT2D eigenvalue weighted by Gasteiger charge is 2.38. The van der Waals surface area contributed by atoms with E-state index in [1.54, 1.807) is 0 Å². The number of carbonyl (C=O) groups is 1. The van der Waals surface area contributed by atoms with Crippen LogP contribution in [0.25, 0.3) is 11.1 Å². The van der Waals surface area contributed by atoms with Crippen molar-refractivity contribution in [1.29, 1.82) is 0 Å². The average Bonchev–Trinajstić information content (AvgIpc) is 2.84. The monoisotopic (exact) mass is 360 g/mol. The van der Waals surface area contributed by atoms with Crippen LogP contribution in [0.1, 0.15) is 15.9 Å². The first-order chi connectivity index (χ1) is 12.1. The molecular weight excluding hydrogens is 356 g/mol. The molecule has 13 heteroatoms. The van der Waals surface area contributed by atoms with Gasteiger partial charge >= 0.3 is 22.7 Å². The molecule has 1 aliphatic rings. The summed E-state index contributed by atoms with van der Waals surface area (Å²) in [6, 6.07) is 2.89. The summed E-state index contributed by atoms with van der Waals surface area (Å²) in [5.74, 6) is -0.856. The van der Waals surface area contributed by atoms with Crippen LogP contribution in [0.3, 0.4) is 0 Å². The third kappa shape index (κ3) is 2.22. The van der Waals surface area contributed by atoms with Crippen LogP contribution in [0.2, 0.25) is 0 Å². The number of nitro benzene ring substituents is 4. The van der Waals surface area contributed by atoms with Crippen molar-refractivity contribution in [2.45, 2.75) is 0 Å². The maximum atomic E-state index is 12.4. The molecule has 1 aliphatic carbocycles. The Hall–Kier alpha value is -4.29. The van der Waals surface area contributed by atoms with Gasteiger partial charge in [-0.05, 0) is 0 Å². The van der Waals surface area contributed by atoms with Gasteiger partial charge in [-0.15, -0.1) is 0 Å². The Morgan fingerprint density at radius 3 is 0.962 bits per heavy atom. The number of carbonyl (C=O) groups excluding carboxylic acids is 1. The predicted molar refractivity (Wildman–Crippen MR) is 81.9 cm³/mol. The van der Waals surface area contributed by atoms with E-state index >= 15 is 0 Å². The number of benzene rings is 2. The number of hydrogen-bond donors (Lipinski definition) is 0. The first-order valence-electron chi connectivity index (χ1n) is 6.62. The Morgan fingerprint density at radius 2 is 0.731 bits per heavy atom. The van der Waals surface area contributed by atoms with E-state index in [1.165, 1.54) is 0 Å². The van der Waals surface area contributed by atoms with E-state index < -0.39 is 48.2 Å². The fourth-order valence-electron chi connectivity index (χ4n) is 2.71. The highest BCUT2D eigenvalue weighted by Crippen LogP contribution is 2.45. The molecule has 13 nitrogen and oxygen atoms in total. The van der Waals surface area contributed by atoms with Gasteiger partial charge in [-0.3, -0.25) is 45.3 Å². The Balaban J connectivity index is 2.37. The van der Waals surface area contributed by atoms with Crippen LogP contribution in [-0.2, 0) is 0 Å². The highest BCUT2D eigenvalue weighted by molar-refractivity contribution is 6.23. The molecule has 0 amide bonds. The Labute approximate surface area is 141 Å². The summed E-state index contributed by atoms with van der Waals surface area (Å²) in [5, 5.41) is 44.1. The van der Waals surface area contributed by atoms with Crippen LogP contribution < -0.4 is 0 Å². The SMILES string of the molecule is O=C1c2cc([N+](=O)[O-])c([N+](=O)[O-])cc2-c2cc([N+](=O)[O-])c([N+](=O)[O-])cc21. The molecule has 0 heterocycles. The zero-order valence-electron chi connectivity index (χ0n) is 12.3. The molecule has 2 aromatic rings. The zero-order valence-corrected chi connectivity index (χ0v) is 12.3. The van der Waals surface area contributed by atoms with Gasteiger partial charge in [0.2, 0.25) is 0 Å². The van der Waals surface area contributed by atoms with E-state index in [0.717, 1.165) is 12.1 Å². The third-order valence-corrected chi connectivity index (χ3v) is 3.80. The van der Waals surface area contributed by atoms with E-state index in [4.69, 9.17) is 0 Å². The van der Waals surface area contributed by atoms with Gasteiger partial charge in [0.25, 0.3) is 0 Å². The summed E-state index contributed by atoms with van der Waals surface area (Å²) in [5.41, 5.74) is -4.55. The number of rotatable bonds is 4. The van der Waals surface area contributed by atoms with Crippen molar-refractivity contribution in [3.8, 4) is 11.1 Å². The number of ketones is 1. The summed E-state index contributed by atoms with van der Waals surface area (Å²) in [4.78, 5) is 52.4. The maximum absolute atomic E-state index is 12.4. The molecule has 0 N–H and O–H groups in total.